The normalized spacial score (nSPS) is 13.8. The van der Waals surface area contributed by atoms with E-state index >= 15 is 0 Å². The van der Waals surface area contributed by atoms with Gasteiger partial charge in [0.05, 0.1) is 0 Å². The number of fused-ring (bicyclic) bond motifs is 1. The number of rotatable bonds is 3. The number of carbonyl (C=O) groups excluding carboxylic acids is 1. The average molecular weight is 283 g/mol. The van der Waals surface area contributed by atoms with Crippen molar-refractivity contribution < 1.29 is 14.7 Å². The van der Waals surface area contributed by atoms with Gasteiger partial charge in [-0.05, 0) is 55.9 Å². The highest BCUT2D eigenvalue weighted by atomic mass is 16.4. The fourth-order valence-electron chi connectivity index (χ4n) is 3.01. The molecule has 0 amide bonds. The number of carboxylic acid groups (broad SMARTS) is 1. The first kappa shape index (κ1) is 13.6. The van der Waals surface area contributed by atoms with Crippen molar-refractivity contribution in [3.63, 3.8) is 0 Å². The first-order chi connectivity index (χ1) is 10.1. The molecule has 0 bridgehead atoms. The highest BCUT2D eigenvalue weighted by molar-refractivity contribution is 5.97. The van der Waals surface area contributed by atoms with Gasteiger partial charge in [0.25, 0.3) is 0 Å². The monoisotopic (exact) mass is 283 g/mol. The summed E-state index contributed by atoms with van der Waals surface area (Å²) in [5, 5.41) is 9.39. The lowest BCUT2D eigenvalue weighted by atomic mass is 9.90. The zero-order valence-electron chi connectivity index (χ0n) is 11.9. The fraction of sp³-hybridized carbons (Fsp3) is 0.294. The van der Waals surface area contributed by atoms with Crippen molar-refractivity contribution in [3.8, 4) is 5.69 Å². The van der Waals surface area contributed by atoms with Gasteiger partial charge in [-0.15, -0.1) is 0 Å². The molecule has 108 valence electrons. The molecule has 1 aromatic heterocycles. The molecule has 21 heavy (non-hydrogen) atoms. The molecule has 0 fully saturated rings. The van der Waals surface area contributed by atoms with Crippen LogP contribution in [0.2, 0.25) is 0 Å². The minimum atomic E-state index is -1.02. The second-order valence-corrected chi connectivity index (χ2v) is 5.47. The van der Waals surface area contributed by atoms with E-state index in [4.69, 9.17) is 0 Å². The quantitative estimate of drug-likeness (QED) is 0.880. The lowest BCUT2D eigenvalue weighted by Gasteiger charge is -2.20. The van der Waals surface area contributed by atoms with Gasteiger partial charge in [-0.2, -0.15) is 0 Å². The fourth-order valence-corrected chi connectivity index (χ4v) is 3.01. The molecule has 4 nitrogen and oxygen atoms in total. The Hall–Kier alpha value is -2.36. The van der Waals surface area contributed by atoms with Crippen LogP contribution in [-0.4, -0.2) is 21.4 Å². The second kappa shape index (κ2) is 5.20. The molecule has 1 aromatic carbocycles. The summed E-state index contributed by atoms with van der Waals surface area (Å²) < 4.78 is 1.64. The number of carboxylic acids is 1. The van der Waals surface area contributed by atoms with Crippen LogP contribution < -0.4 is 0 Å². The van der Waals surface area contributed by atoms with E-state index in [1.807, 2.05) is 12.1 Å². The molecule has 0 unspecified atom stereocenters. The lowest BCUT2D eigenvalue weighted by molar-refractivity contribution is 0.0688. The minimum Gasteiger partial charge on any atom is -0.477 e. The molecule has 0 atom stereocenters. The molecule has 0 radical (unpaired) electrons. The lowest BCUT2D eigenvalue weighted by Crippen LogP contribution is -2.11. The zero-order chi connectivity index (χ0) is 15.0. The minimum absolute atomic E-state index is 0.124. The van der Waals surface area contributed by atoms with Crippen LogP contribution >= 0.6 is 0 Å². The van der Waals surface area contributed by atoms with Crippen molar-refractivity contribution in [3.05, 3.63) is 52.8 Å². The van der Waals surface area contributed by atoms with Gasteiger partial charge in [0.1, 0.15) is 5.69 Å². The van der Waals surface area contributed by atoms with Gasteiger partial charge in [-0.25, -0.2) is 4.79 Å². The van der Waals surface area contributed by atoms with E-state index < -0.39 is 5.97 Å². The van der Waals surface area contributed by atoms with Crippen LogP contribution in [0.25, 0.3) is 5.69 Å². The summed E-state index contributed by atoms with van der Waals surface area (Å²) >= 11 is 0. The van der Waals surface area contributed by atoms with Crippen molar-refractivity contribution in [2.45, 2.75) is 32.6 Å². The van der Waals surface area contributed by atoms with E-state index in [1.165, 1.54) is 30.5 Å². The number of hydrogen-bond donors (Lipinski definition) is 1. The van der Waals surface area contributed by atoms with Crippen LogP contribution in [0.15, 0.2) is 30.5 Å². The smallest absolute Gasteiger partial charge is 0.352 e. The summed E-state index contributed by atoms with van der Waals surface area (Å²) in [6.45, 7) is 1.45. The van der Waals surface area contributed by atoms with Crippen molar-refractivity contribution >= 4 is 11.8 Å². The van der Waals surface area contributed by atoms with Crippen LogP contribution in [0.3, 0.4) is 0 Å². The topological polar surface area (TPSA) is 59.3 Å². The summed E-state index contributed by atoms with van der Waals surface area (Å²) in [6, 6.07) is 7.44. The first-order valence-corrected chi connectivity index (χ1v) is 7.15. The van der Waals surface area contributed by atoms with E-state index in [2.05, 4.69) is 6.07 Å². The molecule has 1 aliphatic carbocycles. The Morgan fingerprint density at radius 1 is 1.19 bits per heavy atom. The number of Topliss-reactive ketones (excluding diaryl/α,β-unsaturated/α-hetero) is 1. The number of benzene rings is 1. The number of aryl methyl sites for hydroxylation is 1. The van der Waals surface area contributed by atoms with Gasteiger partial charge in [0.2, 0.25) is 0 Å². The molecule has 1 N–H and O–H groups in total. The van der Waals surface area contributed by atoms with E-state index in [-0.39, 0.29) is 11.5 Å². The molecular formula is C17H17NO3. The Morgan fingerprint density at radius 2 is 1.95 bits per heavy atom. The van der Waals surface area contributed by atoms with Crippen molar-refractivity contribution in [2.75, 3.05) is 0 Å². The SMILES string of the molecule is CC(=O)c1cc(C(=O)O)n(-c2cccc3c2CCCC3)c1. The average Bonchev–Trinajstić information content (AvgIpc) is 2.92. The largest absolute Gasteiger partial charge is 0.477 e. The van der Waals surface area contributed by atoms with E-state index in [9.17, 15) is 14.7 Å². The molecule has 3 rings (SSSR count). The van der Waals surface area contributed by atoms with E-state index in [0.29, 0.717) is 5.56 Å². The first-order valence-electron chi connectivity index (χ1n) is 7.15. The molecular weight excluding hydrogens is 266 g/mol. The highest BCUT2D eigenvalue weighted by Crippen LogP contribution is 2.28. The third-order valence-electron chi connectivity index (χ3n) is 4.08. The third-order valence-corrected chi connectivity index (χ3v) is 4.08. The van der Waals surface area contributed by atoms with Gasteiger partial charge in [0.15, 0.2) is 5.78 Å². The Kier molecular flexibility index (Phi) is 3.37. The maximum atomic E-state index is 11.5. The number of aromatic carboxylic acids is 1. The van der Waals surface area contributed by atoms with E-state index in [1.54, 1.807) is 10.8 Å². The van der Waals surface area contributed by atoms with Gasteiger partial charge in [0, 0.05) is 17.4 Å². The van der Waals surface area contributed by atoms with Gasteiger partial charge in [-0.3, -0.25) is 4.79 Å². The van der Waals surface area contributed by atoms with Crippen LogP contribution in [0.1, 0.15) is 51.7 Å². The summed E-state index contributed by atoms with van der Waals surface area (Å²) in [6.07, 6.45) is 5.92. The summed E-state index contributed by atoms with van der Waals surface area (Å²) in [5.41, 5.74) is 3.95. The molecule has 0 spiro atoms. The number of hydrogen-bond acceptors (Lipinski definition) is 2. The molecule has 4 heteroatoms. The predicted molar refractivity (Wildman–Crippen MR) is 79.4 cm³/mol. The van der Waals surface area contributed by atoms with E-state index in [0.717, 1.165) is 24.9 Å². The van der Waals surface area contributed by atoms with Crippen molar-refractivity contribution in [1.82, 2.24) is 4.57 Å². The number of ketones is 1. The Labute approximate surface area is 123 Å². The maximum Gasteiger partial charge on any atom is 0.352 e. The number of aromatic nitrogens is 1. The van der Waals surface area contributed by atoms with Gasteiger partial charge < -0.3 is 9.67 Å². The summed E-state index contributed by atoms with van der Waals surface area (Å²) in [4.78, 5) is 23.0. The highest BCUT2D eigenvalue weighted by Gasteiger charge is 2.20. The van der Waals surface area contributed by atoms with Crippen LogP contribution in [0.4, 0.5) is 0 Å². The molecule has 1 aliphatic rings. The molecule has 2 aromatic rings. The number of nitrogens with zero attached hydrogens (tertiary/aromatic N) is 1. The third kappa shape index (κ3) is 2.37. The van der Waals surface area contributed by atoms with Crippen LogP contribution in [0.5, 0.6) is 0 Å². The Balaban J connectivity index is 2.20. The molecule has 0 aliphatic heterocycles. The van der Waals surface area contributed by atoms with Crippen LogP contribution in [-0.2, 0) is 12.8 Å². The molecule has 1 heterocycles. The van der Waals surface area contributed by atoms with Crippen LogP contribution in [0, 0.1) is 0 Å². The summed E-state index contributed by atoms with van der Waals surface area (Å²) in [5.74, 6) is -1.14. The molecule has 0 saturated heterocycles. The number of carbonyl (C=O) groups is 2. The van der Waals surface area contributed by atoms with Crippen molar-refractivity contribution in [1.29, 1.82) is 0 Å². The van der Waals surface area contributed by atoms with Crippen molar-refractivity contribution in [2.24, 2.45) is 0 Å². The zero-order valence-corrected chi connectivity index (χ0v) is 11.9. The maximum absolute atomic E-state index is 11.5. The predicted octanol–water partition coefficient (Wildman–Crippen LogP) is 3.26. The Morgan fingerprint density at radius 3 is 2.67 bits per heavy atom. The second-order valence-electron chi connectivity index (χ2n) is 5.47. The standard InChI is InChI=1S/C17H17NO3/c1-11(19)13-9-16(17(20)21)18(10-13)15-8-4-6-12-5-2-3-7-14(12)15/h4,6,8-10H,2-3,5,7H2,1H3,(H,20,21). The molecule has 0 saturated carbocycles. The Bertz CT molecular complexity index is 728. The van der Waals surface area contributed by atoms with Gasteiger partial charge in [-0.1, -0.05) is 12.1 Å². The summed E-state index contributed by atoms with van der Waals surface area (Å²) in [7, 11) is 0. The van der Waals surface area contributed by atoms with Gasteiger partial charge >= 0.3 is 5.97 Å².